The highest BCUT2D eigenvalue weighted by Gasteiger charge is 2.23. The van der Waals surface area contributed by atoms with Gasteiger partial charge in [-0.05, 0) is 30.9 Å². The quantitative estimate of drug-likeness (QED) is 0.764. The third-order valence-corrected chi connectivity index (χ3v) is 4.92. The second kappa shape index (κ2) is 9.60. The van der Waals surface area contributed by atoms with Gasteiger partial charge in [0.25, 0.3) is 5.56 Å². The zero-order valence-electron chi connectivity index (χ0n) is 16.2. The van der Waals surface area contributed by atoms with Gasteiger partial charge in [0.15, 0.2) is 11.6 Å². The van der Waals surface area contributed by atoms with Crippen LogP contribution in [0, 0.1) is 17.6 Å². The SMILES string of the molecule is COCCn1ncc(N2CCCC(CC(=O)Nc3ccc(F)c(F)c3)C2)cc1=O. The summed E-state index contributed by atoms with van der Waals surface area (Å²) in [5.74, 6) is -2.12. The topological polar surface area (TPSA) is 76.5 Å². The molecule has 1 saturated heterocycles. The Morgan fingerprint density at radius 1 is 1.31 bits per heavy atom. The fourth-order valence-corrected chi connectivity index (χ4v) is 3.46. The van der Waals surface area contributed by atoms with Crippen molar-refractivity contribution in [3.8, 4) is 0 Å². The van der Waals surface area contributed by atoms with Crippen molar-refractivity contribution in [1.29, 1.82) is 0 Å². The number of carbonyl (C=O) groups excluding carboxylic acids is 1. The first-order valence-electron chi connectivity index (χ1n) is 9.52. The first-order chi connectivity index (χ1) is 14.0. The van der Waals surface area contributed by atoms with E-state index < -0.39 is 11.6 Å². The molecule has 156 valence electrons. The maximum absolute atomic E-state index is 13.3. The predicted octanol–water partition coefficient (Wildman–Crippen LogP) is 2.41. The van der Waals surface area contributed by atoms with E-state index in [9.17, 15) is 18.4 Å². The van der Waals surface area contributed by atoms with Gasteiger partial charge in [-0.2, -0.15) is 5.10 Å². The molecule has 7 nitrogen and oxygen atoms in total. The zero-order valence-corrected chi connectivity index (χ0v) is 16.2. The number of benzene rings is 1. The van der Waals surface area contributed by atoms with Crippen LogP contribution < -0.4 is 15.8 Å². The maximum Gasteiger partial charge on any atom is 0.268 e. The van der Waals surface area contributed by atoms with Crippen LogP contribution in [0.3, 0.4) is 0 Å². The van der Waals surface area contributed by atoms with Gasteiger partial charge in [0.05, 0.1) is 25.0 Å². The minimum absolute atomic E-state index is 0.0879. The van der Waals surface area contributed by atoms with Gasteiger partial charge in [-0.1, -0.05) is 0 Å². The van der Waals surface area contributed by atoms with Crippen molar-refractivity contribution in [2.45, 2.75) is 25.8 Å². The molecule has 2 heterocycles. The molecule has 0 aliphatic carbocycles. The van der Waals surface area contributed by atoms with E-state index in [0.29, 0.717) is 19.7 Å². The van der Waals surface area contributed by atoms with Crippen LogP contribution in [0.25, 0.3) is 0 Å². The van der Waals surface area contributed by atoms with Crippen molar-refractivity contribution in [2.24, 2.45) is 5.92 Å². The van der Waals surface area contributed by atoms with Crippen LogP contribution in [0.4, 0.5) is 20.2 Å². The molecule has 1 atom stereocenters. The summed E-state index contributed by atoms with van der Waals surface area (Å²) in [6.07, 6.45) is 3.67. The Bertz CT molecular complexity index is 919. The van der Waals surface area contributed by atoms with E-state index in [1.165, 1.54) is 10.7 Å². The van der Waals surface area contributed by atoms with Crippen LogP contribution in [0.15, 0.2) is 35.3 Å². The molecule has 3 rings (SSSR count). The monoisotopic (exact) mass is 406 g/mol. The van der Waals surface area contributed by atoms with Crippen LogP contribution in [0.5, 0.6) is 0 Å². The molecule has 1 aromatic heterocycles. The number of methoxy groups -OCH3 is 1. The van der Waals surface area contributed by atoms with Crippen LogP contribution in [-0.4, -0.2) is 42.5 Å². The number of amides is 1. The van der Waals surface area contributed by atoms with Gasteiger partial charge in [-0.15, -0.1) is 0 Å². The highest BCUT2D eigenvalue weighted by atomic mass is 19.2. The summed E-state index contributed by atoms with van der Waals surface area (Å²) in [7, 11) is 1.57. The summed E-state index contributed by atoms with van der Waals surface area (Å²) in [6.45, 7) is 2.20. The van der Waals surface area contributed by atoms with Crippen molar-refractivity contribution < 1.29 is 18.3 Å². The van der Waals surface area contributed by atoms with Gasteiger partial charge in [0.1, 0.15) is 0 Å². The highest BCUT2D eigenvalue weighted by Crippen LogP contribution is 2.24. The van der Waals surface area contributed by atoms with Gasteiger partial charge >= 0.3 is 0 Å². The molecule has 1 fully saturated rings. The number of carbonyl (C=O) groups is 1. The fraction of sp³-hybridized carbons (Fsp3) is 0.450. The molecular formula is C20H24F2N4O3. The Labute approximate surface area is 167 Å². The lowest BCUT2D eigenvalue weighted by atomic mass is 9.94. The van der Waals surface area contributed by atoms with E-state index in [2.05, 4.69) is 10.4 Å². The number of ether oxygens (including phenoxy) is 1. The molecule has 1 amide bonds. The molecule has 9 heteroatoms. The summed E-state index contributed by atoms with van der Waals surface area (Å²) < 4.78 is 32.6. The fourth-order valence-electron chi connectivity index (χ4n) is 3.46. The summed E-state index contributed by atoms with van der Waals surface area (Å²) in [5.41, 5.74) is 0.762. The average Bonchev–Trinajstić information content (AvgIpc) is 2.70. The van der Waals surface area contributed by atoms with E-state index in [0.717, 1.165) is 37.2 Å². The van der Waals surface area contributed by atoms with Crippen LogP contribution >= 0.6 is 0 Å². The van der Waals surface area contributed by atoms with Gasteiger partial charge in [0.2, 0.25) is 5.91 Å². The van der Waals surface area contributed by atoms with Crippen molar-refractivity contribution in [3.63, 3.8) is 0 Å². The molecular weight excluding hydrogens is 382 g/mol. The van der Waals surface area contributed by atoms with Crippen molar-refractivity contribution in [1.82, 2.24) is 9.78 Å². The molecule has 1 aromatic carbocycles. The Kier molecular flexibility index (Phi) is 6.92. The number of anilines is 2. The lowest BCUT2D eigenvalue weighted by Crippen LogP contribution is -2.38. The third-order valence-electron chi connectivity index (χ3n) is 4.92. The first kappa shape index (κ1) is 20.9. The third kappa shape index (κ3) is 5.60. The molecule has 29 heavy (non-hydrogen) atoms. The number of rotatable bonds is 7. The van der Waals surface area contributed by atoms with Crippen LogP contribution in [-0.2, 0) is 16.1 Å². The van der Waals surface area contributed by atoms with Crippen molar-refractivity contribution in [3.05, 3.63) is 52.5 Å². The normalized spacial score (nSPS) is 16.7. The van der Waals surface area contributed by atoms with Gasteiger partial charge in [0, 0.05) is 44.4 Å². The number of nitrogens with one attached hydrogen (secondary N) is 1. The standard InChI is InChI=1S/C20H24F2N4O3/c1-29-8-7-26-20(28)11-16(12-23-26)25-6-2-3-14(13-25)9-19(27)24-15-4-5-17(21)18(22)10-15/h4-5,10-12,14H,2-3,6-9,13H2,1H3,(H,24,27). The Morgan fingerprint density at radius 2 is 2.14 bits per heavy atom. The van der Waals surface area contributed by atoms with Gasteiger partial charge in [-0.3, -0.25) is 9.59 Å². The largest absolute Gasteiger partial charge is 0.383 e. The lowest BCUT2D eigenvalue weighted by Gasteiger charge is -2.34. The Hall–Kier alpha value is -2.81. The number of hydrogen-bond donors (Lipinski definition) is 1. The van der Waals surface area contributed by atoms with Gasteiger partial charge in [-0.25, -0.2) is 13.5 Å². The minimum Gasteiger partial charge on any atom is -0.383 e. The summed E-state index contributed by atoms with van der Waals surface area (Å²) in [5, 5.41) is 6.79. The number of aromatic nitrogens is 2. The Morgan fingerprint density at radius 3 is 2.86 bits per heavy atom. The Balaban J connectivity index is 1.58. The lowest BCUT2D eigenvalue weighted by molar-refractivity contribution is -0.117. The highest BCUT2D eigenvalue weighted by molar-refractivity contribution is 5.90. The molecule has 0 bridgehead atoms. The molecule has 1 aliphatic heterocycles. The summed E-state index contributed by atoms with van der Waals surface area (Å²) in [6, 6.07) is 4.82. The number of piperidine rings is 1. The zero-order chi connectivity index (χ0) is 20.8. The molecule has 0 spiro atoms. The van der Waals surface area contributed by atoms with E-state index >= 15 is 0 Å². The maximum atomic E-state index is 13.3. The van der Waals surface area contributed by atoms with E-state index in [4.69, 9.17) is 4.74 Å². The number of hydrogen-bond acceptors (Lipinski definition) is 5. The molecule has 0 saturated carbocycles. The molecule has 0 radical (unpaired) electrons. The van der Waals surface area contributed by atoms with E-state index in [1.807, 2.05) is 4.90 Å². The van der Waals surface area contributed by atoms with Crippen molar-refractivity contribution >= 4 is 17.3 Å². The molecule has 2 aromatic rings. The minimum atomic E-state index is -1.00. The van der Waals surface area contributed by atoms with E-state index in [1.54, 1.807) is 19.4 Å². The van der Waals surface area contributed by atoms with Crippen LogP contribution in [0.2, 0.25) is 0 Å². The molecule has 1 N–H and O–H groups in total. The van der Waals surface area contributed by atoms with Gasteiger partial charge < -0.3 is 15.0 Å². The number of halogens is 2. The second-order valence-corrected chi connectivity index (χ2v) is 7.10. The molecule has 1 unspecified atom stereocenters. The number of nitrogens with zero attached hydrogens (tertiary/aromatic N) is 3. The summed E-state index contributed by atoms with van der Waals surface area (Å²) in [4.78, 5) is 26.5. The smallest absolute Gasteiger partial charge is 0.268 e. The van der Waals surface area contributed by atoms with Crippen molar-refractivity contribution in [2.75, 3.05) is 37.0 Å². The van der Waals surface area contributed by atoms with E-state index in [-0.39, 0.29) is 29.5 Å². The molecule has 1 aliphatic rings. The first-order valence-corrected chi connectivity index (χ1v) is 9.52. The predicted molar refractivity (Wildman–Crippen MR) is 105 cm³/mol. The van der Waals surface area contributed by atoms with Crippen LogP contribution in [0.1, 0.15) is 19.3 Å². The average molecular weight is 406 g/mol. The summed E-state index contributed by atoms with van der Waals surface area (Å²) >= 11 is 0. The second-order valence-electron chi connectivity index (χ2n) is 7.10.